The molecule has 0 radical (unpaired) electrons. The maximum atomic E-state index is 14.4. The molecule has 0 spiro atoms. The number of nitrogens with zero attached hydrogens (tertiary/aromatic N) is 3. The Balaban J connectivity index is 1.89. The van der Waals surface area contributed by atoms with Gasteiger partial charge in [-0.25, -0.2) is 4.39 Å². The van der Waals surface area contributed by atoms with Crippen LogP contribution in [0.25, 0.3) is 11.3 Å². The summed E-state index contributed by atoms with van der Waals surface area (Å²) in [4.78, 5) is 26.5. The van der Waals surface area contributed by atoms with Crippen molar-refractivity contribution < 1.29 is 14.0 Å². The summed E-state index contributed by atoms with van der Waals surface area (Å²) in [6.45, 7) is 7.99. The number of amides is 2. The number of carbonyl (C=O) groups excluding carboxylic acids is 2. The SMILES string of the molecule is CCN(C(=O)c1ccc(-c2cc(C(=O)NC3CC3)cc(F)c2C)nn1)C(C)C. The molecule has 148 valence electrons. The number of nitrogens with one attached hydrogen (secondary N) is 1. The Labute approximate surface area is 164 Å². The van der Waals surface area contributed by atoms with Gasteiger partial charge in [0, 0.05) is 29.8 Å². The van der Waals surface area contributed by atoms with E-state index in [2.05, 4.69) is 15.5 Å². The Morgan fingerprint density at radius 3 is 2.50 bits per heavy atom. The summed E-state index contributed by atoms with van der Waals surface area (Å²) in [6.07, 6.45) is 1.91. The number of benzene rings is 1. The molecule has 0 bridgehead atoms. The average molecular weight is 384 g/mol. The third-order valence-electron chi connectivity index (χ3n) is 4.90. The first-order valence-electron chi connectivity index (χ1n) is 9.57. The standard InChI is InChI=1S/C21H25FN4O2/c1-5-26(12(2)3)21(28)19-9-8-18(24-25-19)16-10-14(11-17(22)13(16)4)20(27)23-15-6-7-15/h8-12,15H,5-7H2,1-4H3,(H,23,27). The molecule has 1 N–H and O–H groups in total. The average Bonchev–Trinajstić information content (AvgIpc) is 3.48. The summed E-state index contributed by atoms with van der Waals surface area (Å²) >= 11 is 0. The van der Waals surface area contributed by atoms with E-state index in [0.29, 0.717) is 23.4 Å². The summed E-state index contributed by atoms with van der Waals surface area (Å²) < 4.78 is 14.4. The highest BCUT2D eigenvalue weighted by molar-refractivity contribution is 5.96. The summed E-state index contributed by atoms with van der Waals surface area (Å²) in [7, 11) is 0. The zero-order valence-electron chi connectivity index (χ0n) is 16.6. The molecule has 0 aliphatic heterocycles. The lowest BCUT2D eigenvalue weighted by Crippen LogP contribution is -2.37. The van der Waals surface area contributed by atoms with Crippen molar-refractivity contribution in [3.05, 3.63) is 46.9 Å². The smallest absolute Gasteiger partial charge is 0.274 e. The van der Waals surface area contributed by atoms with Gasteiger partial charge in [0.2, 0.25) is 0 Å². The van der Waals surface area contributed by atoms with Crippen molar-refractivity contribution in [2.24, 2.45) is 0 Å². The number of carbonyl (C=O) groups is 2. The lowest BCUT2D eigenvalue weighted by atomic mass is 10.0. The van der Waals surface area contributed by atoms with Gasteiger partial charge in [0.15, 0.2) is 5.69 Å². The first kappa shape index (κ1) is 19.9. The van der Waals surface area contributed by atoms with Crippen molar-refractivity contribution in [2.75, 3.05) is 6.54 Å². The van der Waals surface area contributed by atoms with Crippen molar-refractivity contribution >= 4 is 11.8 Å². The minimum atomic E-state index is -0.475. The van der Waals surface area contributed by atoms with Crippen LogP contribution in [0.15, 0.2) is 24.3 Å². The van der Waals surface area contributed by atoms with Crippen molar-refractivity contribution in [1.29, 1.82) is 0 Å². The molecule has 0 atom stereocenters. The Morgan fingerprint density at radius 2 is 1.96 bits per heavy atom. The Kier molecular flexibility index (Phi) is 5.72. The van der Waals surface area contributed by atoms with Gasteiger partial charge in [0.05, 0.1) is 5.69 Å². The molecule has 1 aromatic carbocycles. The van der Waals surface area contributed by atoms with Gasteiger partial charge in [-0.3, -0.25) is 9.59 Å². The third-order valence-corrected chi connectivity index (χ3v) is 4.90. The molecule has 2 amide bonds. The number of aromatic nitrogens is 2. The van der Waals surface area contributed by atoms with E-state index in [4.69, 9.17) is 0 Å². The van der Waals surface area contributed by atoms with Crippen LogP contribution in [0.3, 0.4) is 0 Å². The molecule has 1 heterocycles. The molecule has 1 fully saturated rings. The molecule has 1 aliphatic carbocycles. The van der Waals surface area contributed by atoms with Gasteiger partial charge >= 0.3 is 0 Å². The second-order valence-electron chi connectivity index (χ2n) is 7.37. The van der Waals surface area contributed by atoms with E-state index in [1.54, 1.807) is 30.0 Å². The van der Waals surface area contributed by atoms with Gasteiger partial charge in [0.1, 0.15) is 5.82 Å². The minimum absolute atomic E-state index is 0.0528. The van der Waals surface area contributed by atoms with Crippen LogP contribution in [0.2, 0.25) is 0 Å². The van der Waals surface area contributed by atoms with Gasteiger partial charge < -0.3 is 10.2 Å². The van der Waals surface area contributed by atoms with E-state index in [9.17, 15) is 14.0 Å². The first-order valence-corrected chi connectivity index (χ1v) is 9.57. The molecular weight excluding hydrogens is 359 g/mol. The van der Waals surface area contributed by atoms with Gasteiger partial charge in [-0.2, -0.15) is 0 Å². The highest BCUT2D eigenvalue weighted by Gasteiger charge is 2.25. The summed E-state index contributed by atoms with van der Waals surface area (Å²) in [6, 6.07) is 6.32. The fourth-order valence-corrected chi connectivity index (χ4v) is 3.05. The van der Waals surface area contributed by atoms with E-state index in [0.717, 1.165) is 12.8 Å². The van der Waals surface area contributed by atoms with Crippen LogP contribution in [0, 0.1) is 12.7 Å². The molecule has 28 heavy (non-hydrogen) atoms. The van der Waals surface area contributed by atoms with Crippen molar-refractivity contribution in [2.45, 2.75) is 52.6 Å². The molecule has 6 nitrogen and oxygen atoms in total. The Bertz CT molecular complexity index is 892. The molecule has 1 saturated carbocycles. The maximum absolute atomic E-state index is 14.4. The van der Waals surface area contributed by atoms with E-state index < -0.39 is 5.82 Å². The molecular formula is C21H25FN4O2. The molecule has 0 unspecified atom stereocenters. The second-order valence-corrected chi connectivity index (χ2v) is 7.37. The highest BCUT2D eigenvalue weighted by atomic mass is 19.1. The van der Waals surface area contributed by atoms with E-state index in [-0.39, 0.29) is 35.2 Å². The summed E-state index contributed by atoms with van der Waals surface area (Å²) in [5.41, 5.74) is 1.78. The van der Waals surface area contributed by atoms with Gasteiger partial charge in [-0.1, -0.05) is 0 Å². The van der Waals surface area contributed by atoms with Crippen LogP contribution < -0.4 is 5.32 Å². The molecule has 3 rings (SSSR count). The van der Waals surface area contributed by atoms with Crippen molar-refractivity contribution in [3.8, 4) is 11.3 Å². The minimum Gasteiger partial charge on any atom is -0.349 e. The molecule has 1 aromatic heterocycles. The first-order chi connectivity index (χ1) is 13.3. The van der Waals surface area contributed by atoms with Crippen LogP contribution >= 0.6 is 0 Å². The zero-order valence-corrected chi connectivity index (χ0v) is 16.6. The van der Waals surface area contributed by atoms with Gasteiger partial charge in [-0.15, -0.1) is 10.2 Å². The van der Waals surface area contributed by atoms with Crippen LogP contribution in [0.4, 0.5) is 4.39 Å². The lowest BCUT2D eigenvalue weighted by molar-refractivity contribution is 0.0709. The van der Waals surface area contributed by atoms with Crippen LogP contribution in [-0.2, 0) is 0 Å². The largest absolute Gasteiger partial charge is 0.349 e. The topological polar surface area (TPSA) is 75.2 Å². The van der Waals surface area contributed by atoms with E-state index in [1.807, 2.05) is 20.8 Å². The fourth-order valence-electron chi connectivity index (χ4n) is 3.05. The van der Waals surface area contributed by atoms with Crippen LogP contribution in [-0.4, -0.2) is 45.5 Å². The number of rotatable bonds is 6. The van der Waals surface area contributed by atoms with Crippen molar-refractivity contribution in [1.82, 2.24) is 20.4 Å². The summed E-state index contributed by atoms with van der Waals surface area (Å²) in [5, 5.41) is 11.0. The fraction of sp³-hybridized carbons (Fsp3) is 0.429. The molecule has 0 saturated heterocycles. The van der Waals surface area contributed by atoms with Crippen molar-refractivity contribution in [3.63, 3.8) is 0 Å². The Hall–Kier alpha value is -2.83. The van der Waals surface area contributed by atoms with Crippen LogP contribution in [0.5, 0.6) is 0 Å². The number of hydrogen-bond acceptors (Lipinski definition) is 4. The Morgan fingerprint density at radius 1 is 1.25 bits per heavy atom. The van der Waals surface area contributed by atoms with Gasteiger partial charge in [-0.05, 0) is 70.4 Å². The summed E-state index contributed by atoms with van der Waals surface area (Å²) in [5.74, 6) is -0.965. The molecule has 7 heteroatoms. The third kappa shape index (κ3) is 4.18. The normalized spacial score (nSPS) is 13.5. The molecule has 2 aromatic rings. The quantitative estimate of drug-likeness (QED) is 0.829. The van der Waals surface area contributed by atoms with Gasteiger partial charge in [0.25, 0.3) is 11.8 Å². The maximum Gasteiger partial charge on any atom is 0.274 e. The highest BCUT2D eigenvalue weighted by Crippen LogP contribution is 2.26. The number of hydrogen-bond donors (Lipinski definition) is 1. The molecule has 1 aliphatic rings. The number of halogens is 1. The van der Waals surface area contributed by atoms with E-state index in [1.165, 1.54) is 6.07 Å². The second kappa shape index (κ2) is 8.04. The van der Waals surface area contributed by atoms with Crippen LogP contribution in [0.1, 0.15) is 60.0 Å². The van der Waals surface area contributed by atoms with E-state index >= 15 is 0 Å². The predicted octanol–water partition coefficient (Wildman–Crippen LogP) is 3.35. The monoisotopic (exact) mass is 384 g/mol. The lowest BCUT2D eigenvalue weighted by Gasteiger charge is -2.24. The zero-order chi connectivity index (χ0) is 20.4. The predicted molar refractivity (Wildman–Crippen MR) is 104 cm³/mol.